The van der Waals surface area contributed by atoms with Gasteiger partial charge in [0.15, 0.2) is 0 Å². The summed E-state index contributed by atoms with van der Waals surface area (Å²) < 4.78 is 42.2. The first-order valence-electron chi connectivity index (χ1n) is 6.58. The fraction of sp³-hybridized carbons (Fsp3) is 0.538. The Balaban J connectivity index is 1.79. The van der Waals surface area contributed by atoms with Gasteiger partial charge >= 0.3 is 6.18 Å². The summed E-state index contributed by atoms with van der Waals surface area (Å²) in [5, 5.41) is 2.53. The van der Waals surface area contributed by atoms with Crippen molar-refractivity contribution in [2.45, 2.75) is 12.6 Å². The molecular weight excluding hydrogens is 287 g/mol. The quantitative estimate of drug-likeness (QED) is 0.921. The molecular formula is C13H16F3N3O2. The molecule has 0 radical (unpaired) electrons. The van der Waals surface area contributed by atoms with Crippen molar-refractivity contribution in [2.24, 2.45) is 0 Å². The van der Waals surface area contributed by atoms with Crippen LogP contribution in [0, 0.1) is 0 Å². The fourth-order valence-electron chi connectivity index (χ4n) is 1.94. The summed E-state index contributed by atoms with van der Waals surface area (Å²) >= 11 is 0. The Morgan fingerprint density at radius 2 is 2.05 bits per heavy atom. The molecule has 1 saturated heterocycles. The van der Waals surface area contributed by atoms with Gasteiger partial charge in [-0.05, 0) is 12.1 Å². The highest BCUT2D eigenvalue weighted by molar-refractivity contribution is 5.90. The third kappa shape index (κ3) is 4.98. The third-order valence-corrected chi connectivity index (χ3v) is 3.10. The number of amides is 1. The molecule has 0 bridgehead atoms. The van der Waals surface area contributed by atoms with Gasteiger partial charge in [0.05, 0.1) is 25.1 Å². The lowest BCUT2D eigenvalue weighted by Gasteiger charge is -2.26. The van der Waals surface area contributed by atoms with Gasteiger partial charge in [0.25, 0.3) is 0 Å². The lowest BCUT2D eigenvalue weighted by Crippen LogP contribution is -2.38. The van der Waals surface area contributed by atoms with Crippen molar-refractivity contribution in [3.63, 3.8) is 0 Å². The summed E-state index contributed by atoms with van der Waals surface area (Å²) in [5.41, 5.74) is -0.719. The molecule has 1 aromatic heterocycles. The maximum Gasteiger partial charge on any atom is 0.433 e. The monoisotopic (exact) mass is 303 g/mol. The lowest BCUT2D eigenvalue weighted by molar-refractivity contribution is -0.141. The van der Waals surface area contributed by atoms with E-state index < -0.39 is 11.9 Å². The highest BCUT2D eigenvalue weighted by Gasteiger charge is 2.32. The molecule has 5 nitrogen and oxygen atoms in total. The molecule has 0 spiro atoms. The molecule has 21 heavy (non-hydrogen) atoms. The first-order chi connectivity index (χ1) is 9.95. The Labute approximate surface area is 120 Å². The predicted molar refractivity (Wildman–Crippen MR) is 69.7 cm³/mol. The number of alkyl halides is 3. The number of anilines is 1. The molecule has 1 aromatic rings. The van der Waals surface area contributed by atoms with Gasteiger partial charge in [-0.15, -0.1) is 0 Å². The van der Waals surface area contributed by atoms with Crippen LogP contribution in [0.15, 0.2) is 18.3 Å². The number of rotatable bonds is 4. The van der Waals surface area contributed by atoms with E-state index in [0.717, 1.165) is 25.4 Å². The number of halogens is 3. The van der Waals surface area contributed by atoms with E-state index in [4.69, 9.17) is 4.74 Å². The lowest BCUT2D eigenvalue weighted by atomic mass is 10.3. The van der Waals surface area contributed by atoms with Crippen LogP contribution >= 0.6 is 0 Å². The summed E-state index contributed by atoms with van der Waals surface area (Å²) in [5.74, 6) is -0.247. The number of aromatic nitrogens is 1. The van der Waals surface area contributed by atoms with E-state index in [1.54, 1.807) is 0 Å². The number of pyridine rings is 1. The van der Waals surface area contributed by atoms with E-state index in [-0.39, 0.29) is 18.0 Å². The average Bonchev–Trinajstić information content (AvgIpc) is 2.46. The first-order valence-corrected chi connectivity index (χ1v) is 6.58. The zero-order valence-electron chi connectivity index (χ0n) is 11.3. The average molecular weight is 303 g/mol. The number of carbonyl (C=O) groups excluding carboxylic acids is 1. The van der Waals surface area contributed by atoms with Crippen LogP contribution in [0.4, 0.5) is 18.9 Å². The van der Waals surface area contributed by atoms with Crippen molar-refractivity contribution in [3.8, 4) is 0 Å². The normalized spacial score (nSPS) is 16.7. The van der Waals surface area contributed by atoms with Crippen molar-refractivity contribution in [3.05, 3.63) is 24.0 Å². The first kappa shape index (κ1) is 15.7. The largest absolute Gasteiger partial charge is 0.433 e. The fourth-order valence-corrected chi connectivity index (χ4v) is 1.94. The maximum absolute atomic E-state index is 12.3. The Morgan fingerprint density at radius 3 is 2.62 bits per heavy atom. The Hall–Kier alpha value is -1.67. The van der Waals surface area contributed by atoms with Crippen molar-refractivity contribution in [1.82, 2.24) is 9.88 Å². The molecule has 0 aromatic carbocycles. The summed E-state index contributed by atoms with van der Waals surface area (Å²) in [6.07, 6.45) is -3.19. The number of ether oxygens (including phenoxy) is 1. The van der Waals surface area contributed by atoms with Crippen LogP contribution in [0.5, 0.6) is 0 Å². The minimum atomic E-state index is -4.47. The number of nitrogens with zero attached hydrogens (tertiary/aromatic N) is 2. The highest BCUT2D eigenvalue weighted by Crippen LogP contribution is 2.27. The molecule has 1 aliphatic heterocycles. The molecule has 116 valence electrons. The number of morpholine rings is 1. The smallest absolute Gasteiger partial charge is 0.379 e. The second kappa shape index (κ2) is 6.86. The summed E-state index contributed by atoms with van der Waals surface area (Å²) in [6.45, 7) is 3.49. The minimum Gasteiger partial charge on any atom is -0.379 e. The summed E-state index contributed by atoms with van der Waals surface area (Å²) in [7, 11) is 0. The van der Waals surface area contributed by atoms with E-state index in [9.17, 15) is 18.0 Å². The van der Waals surface area contributed by atoms with E-state index >= 15 is 0 Å². The molecule has 0 saturated carbocycles. The van der Waals surface area contributed by atoms with Crippen molar-refractivity contribution < 1.29 is 22.7 Å². The van der Waals surface area contributed by atoms with Gasteiger partial charge in [-0.2, -0.15) is 13.2 Å². The van der Waals surface area contributed by atoms with Gasteiger partial charge in [0.2, 0.25) is 5.91 Å². The molecule has 1 aliphatic rings. The molecule has 8 heteroatoms. The van der Waals surface area contributed by atoms with Crippen molar-refractivity contribution in [2.75, 3.05) is 38.2 Å². The second-order valence-electron chi connectivity index (χ2n) is 4.68. The molecule has 0 unspecified atom stereocenters. The molecule has 1 amide bonds. The maximum atomic E-state index is 12.3. The van der Waals surface area contributed by atoms with Crippen molar-refractivity contribution >= 4 is 11.6 Å². The number of carbonyl (C=O) groups is 1. The van der Waals surface area contributed by atoms with Crippen LogP contribution < -0.4 is 5.32 Å². The summed E-state index contributed by atoms with van der Waals surface area (Å²) in [4.78, 5) is 17.1. The molecule has 2 rings (SSSR count). The summed E-state index contributed by atoms with van der Waals surface area (Å²) in [6, 6.07) is 2.04. The second-order valence-corrected chi connectivity index (χ2v) is 4.68. The topological polar surface area (TPSA) is 54.5 Å². The number of hydrogen-bond acceptors (Lipinski definition) is 4. The Bertz CT molecular complexity index is 471. The van der Waals surface area contributed by atoms with Crippen LogP contribution in [0.3, 0.4) is 0 Å². The standard InChI is InChI=1S/C13H16F3N3O2/c14-13(15,16)11-2-1-10(9-17-11)18-12(20)3-4-19-5-7-21-8-6-19/h1-2,9H,3-8H2,(H,18,20). The SMILES string of the molecule is O=C(CCN1CCOCC1)Nc1ccc(C(F)(F)F)nc1. The van der Waals surface area contributed by atoms with Gasteiger partial charge in [-0.1, -0.05) is 0 Å². The van der Waals surface area contributed by atoms with E-state index in [2.05, 4.69) is 15.2 Å². The van der Waals surface area contributed by atoms with Gasteiger partial charge < -0.3 is 10.1 Å². The van der Waals surface area contributed by atoms with Gasteiger partial charge in [0, 0.05) is 26.1 Å². The zero-order valence-corrected chi connectivity index (χ0v) is 11.3. The van der Waals surface area contributed by atoms with Gasteiger partial charge in [0.1, 0.15) is 5.69 Å². The molecule has 2 heterocycles. The van der Waals surface area contributed by atoms with Crippen LogP contribution in [0.25, 0.3) is 0 Å². The minimum absolute atomic E-state index is 0.247. The van der Waals surface area contributed by atoms with Crippen LogP contribution in [0.2, 0.25) is 0 Å². The van der Waals surface area contributed by atoms with Crippen molar-refractivity contribution in [1.29, 1.82) is 0 Å². The highest BCUT2D eigenvalue weighted by atomic mass is 19.4. The Kier molecular flexibility index (Phi) is 5.13. The van der Waals surface area contributed by atoms with Crippen LogP contribution in [-0.2, 0) is 15.7 Å². The predicted octanol–water partition coefficient (Wildman–Crippen LogP) is 1.76. The molecule has 0 aliphatic carbocycles. The van der Waals surface area contributed by atoms with E-state index in [1.165, 1.54) is 6.07 Å². The number of nitrogens with one attached hydrogen (secondary N) is 1. The number of hydrogen-bond donors (Lipinski definition) is 1. The molecule has 1 N–H and O–H groups in total. The van der Waals surface area contributed by atoms with Crippen LogP contribution in [0.1, 0.15) is 12.1 Å². The Morgan fingerprint density at radius 1 is 1.33 bits per heavy atom. The van der Waals surface area contributed by atoms with Gasteiger partial charge in [-0.25, -0.2) is 4.98 Å². The van der Waals surface area contributed by atoms with Crippen LogP contribution in [-0.4, -0.2) is 48.6 Å². The third-order valence-electron chi connectivity index (χ3n) is 3.10. The van der Waals surface area contributed by atoms with E-state index in [1.807, 2.05) is 0 Å². The van der Waals surface area contributed by atoms with E-state index in [0.29, 0.717) is 19.8 Å². The molecule has 0 atom stereocenters. The zero-order chi connectivity index (χ0) is 15.3. The van der Waals surface area contributed by atoms with Gasteiger partial charge in [-0.3, -0.25) is 9.69 Å². The molecule has 1 fully saturated rings.